The van der Waals surface area contributed by atoms with Crippen LogP contribution in [0.3, 0.4) is 0 Å². The number of rotatable bonds is 7. The molecule has 0 aliphatic heterocycles. The third-order valence-electron chi connectivity index (χ3n) is 3.56. The molecule has 0 aromatic heterocycles. The summed E-state index contributed by atoms with van der Waals surface area (Å²) in [6.45, 7) is 0. The zero-order valence-corrected chi connectivity index (χ0v) is 15.2. The Morgan fingerprint density at radius 2 is 1.59 bits per heavy atom. The second-order valence-electron chi connectivity index (χ2n) is 5.38. The molecule has 0 radical (unpaired) electrons. The Bertz CT molecular complexity index is 996. The maximum atomic E-state index is 11.7. The summed E-state index contributed by atoms with van der Waals surface area (Å²) < 4.78 is 14.5. The summed E-state index contributed by atoms with van der Waals surface area (Å²) in [5, 5.41) is 22.0. The average Bonchev–Trinajstić information content (AvgIpc) is 2.71. The van der Waals surface area contributed by atoms with Crippen molar-refractivity contribution in [1.29, 1.82) is 0 Å². The van der Waals surface area contributed by atoms with Gasteiger partial charge in [0.15, 0.2) is 0 Å². The van der Waals surface area contributed by atoms with Gasteiger partial charge in [0, 0.05) is 6.07 Å². The zero-order valence-electron chi connectivity index (χ0n) is 15.2. The quantitative estimate of drug-likeness (QED) is 0.170. The van der Waals surface area contributed by atoms with Crippen LogP contribution in [0.5, 0.6) is 11.5 Å². The molecule has 0 fully saturated rings. The second-order valence-corrected chi connectivity index (χ2v) is 5.38. The lowest BCUT2D eigenvalue weighted by atomic mass is 10.1. The molecule has 0 spiro atoms. The van der Waals surface area contributed by atoms with Crippen LogP contribution >= 0.6 is 0 Å². The van der Waals surface area contributed by atoms with E-state index >= 15 is 0 Å². The molecule has 11 heteroatoms. The van der Waals surface area contributed by atoms with Crippen molar-refractivity contribution in [2.24, 2.45) is 0 Å². The number of methoxy groups -OCH3 is 2. The van der Waals surface area contributed by atoms with E-state index in [4.69, 9.17) is 4.74 Å². The molecular weight excluding hydrogens is 388 g/mol. The average molecular weight is 402 g/mol. The summed E-state index contributed by atoms with van der Waals surface area (Å²) >= 11 is 0. The van der Waals surface area contributed by atoms with Gasteiger partial charge >= 0.3 is 17.6 Å². The molecule has 2 aromatic carbocycles. The van der Waals surface area contributed by atoms with Crippen LogP contribution < -0.4 is 4.74 Å². The first-order valence-electron chi connectivity index (χ1n) is 7.86. The van der Waals surface area contributed by atoms with Crippen molar-refractivity contribution >= 4 is 29.4 Å². The third kappa shape index (κ3) is 5.13. The fourth-order valence-electron chi connectivity index (χ4n) is 2.23. The summed E-state index contributed by atoms with van der Waals surface area (Å²) in [4.78, 5) is 43.9. The molecule has 0 amide bonds. The normalized spacial score (nSPS) is 9.86. The fraction of sp³-hybridized carbons (Fsp3) is 0.111. The predicted molar refractivity (Wildman–Crippen MR) is 98.3 cm³/mol. The minimum atomic E-state index is -0.908. The minimum Gasteiger partial charge on any atom is -0.465 e. The molecular formula is C18H14N2O9. The van der Waals surface area contributed by atoms with Crippen molar-refractivity contribution in [2.45, 2.75) is 0 Å². The first-order valence-corrected chi connectivity index (χ1v) is 7.86. The predicted octanol–water partition coefficient (Wildman–Crippen LogP) is 3.02. The van der Waals surface area contributed by atoms with E-state index in [1.807, 2.05) is 0 Å². The van der Waals surface area contributed by atoms with Gasteiger partial charge in [-0.2, -0.15) is 0 Å². The molecule has 0 saturated carbocycles. The molecule has 0 aliphatic rings. The Hall–Kier alpha value is -4.28. The van der Waals surface area contributed by atoms with Crippen LogP contribution in [0.25, 0.3) is 6.08 Å². The SMILES string of the molecule is COC(=O)C(=Cc1cccc(Oc2ccc([N+](=O)[O-])cc2[N+](=O)[O-])c1)C(=O)OC. The van der Waals surface area contributed by atoms with E-state index in [9.17, 15) is 29.8 Å². The van der Waals surface area contributed by atoms with E-state index in [0.717, 1.165) is 32.4 Å². The van der Waals surface area contributed by atoms with Crippen molar-refractivity contribution < 1.29 is 33.6 Å². The summed E-state index contributed by atoms with van der Waals surface area (Å²) in [5.41, 5.74) is -1.07. The van der Waals surface area contributed by atoms with Gasteiger partial charge in [-0.1, -0.05) is 12.1 Å². The number of nitro benzene ring substituents is 2. The highest BCUT2D eigenvalue weighted by molar-refractivity contribution is 6.17. The van der Waals surface area contributed by atoms with Crippen molar-refractivity contribution in [3.8, 4) is 11.5 Å². The molecule has 2 rings (SSSR count). The summed E-state index contributed by atoms with van der Waals surface area (Å²) in [5.74, 6) is -1.91. The standard InChI is InChI=1S/C18H14N2O9/c1-27-17(21)14(18(22)28-2)9-11-4-3-5-13(8-11)29-16-7-6-12(19(23)24)10-15(16)20(25)26/h3-10H,1-2H3. The van der Waals surface area contributed by atoms with Gasteiger partial charge in [-0.25, -0.2) is 9.59 Å². The first-order chi connectivity index (χ1) is 13.8. The number of hydrogen-bond donors (Lipinski definition) is 0. The summed E-state index contributed by atoms with van der Waals surface area (Å²) in [6, 6.07) is 8.89. The molecule has 150 valence electrons. The molecule has 11 nitrogen and oxygen atoms in total. The number of benzene rings is 2. The number of nitrogens with zero attached hydrogens (tertiary/aromatic N) is 2. The highest BCUT2D eigenvalue weighted by atomic mass is 16.6. The van der Waals surface area contributed by atoms with Gasteiger partial charge in [0.1, 0.15) is 11.3 Å². The van der Waals surface area contributed by atoms with Gasteiger partial charge in [-0.3, -0.25) is 20.2 Å². The number of hydrogen-bond acceptors (Lipinski definition) is 9. The van der Waals surface area contributed by atoms with Gasteiger partial charge in [-0.05, 0) is 29.8 Å². The number of ether oxygens (including phenoxy) is 3. The lowest BCUT2D eigenvalue weighted by Crippen LogP contribution is -2.15. The van der Waals surface area contributed by atoms with Crippen LogP contribution in [0, 0.1) is 20.2 Å². The molecule has 0 heterocycles. The molecule has 0 atom stereocenters. The highest BCUT2D eigenvalue weighted by Gasteiger charge is 2.22. The Morgan fingerprint density at radius 1 is 0.931 bits per heavy atom. The fourth-order valence-corrected chi connectivity index (χ4v) is 2.23. The number of esters is 2. The van der Waals surface area contributed by atoms with Crippen LogP contribution in [0.1, 0.15) is 5.56 Å². The Balaban J connectivity index is 2.41. The van der Waals surface area contributed by atoms with Crippen LogP contribution in [0.15, 0.2) is 48.0 Å². The zero-order chi connectivity index (χ0) is 21.6. The second kappa shape index (κ2) is 9.08. The number of non-ortho nitro benzene ring substituents is 1. The van der Waals surface area contributed by atoms with Gasteiger partial charge in [0.25, 0.3) is 5.69 Å². The summed E-state index contributed by atoms with van der Waals surface area (Å²) in [6.07, 6.45) is 1.20. The molecule has 29 heavy (non-hydrogen) atoms. The first kappa shape index (κ1) is 21.0. The topological polar surface area (TPSA) is 148 Å². The van der Waals surface area contributed by atoms with Gasteiger partial charge in [0.05, 0.1) is 30.1 Å². The molecule has 0 unspecified atom stereocenters. The van der Waals surface area contributed by atoms with Crippen LogP contribution in [0.4, 0.5) is 11.4 Å². The Kier molecular flexibility index (Phi) is 6.58. The Labute approximate surface area is 163 Å². The van der Waals surface area contributed by atoms with E-state index in [-0.39, 0.29) is 17.1 Å². The van der Waals surface area contributed by atoms with Gasteiger partial charge in [0.2, 0.25) is 5.75 Å². The van der Waals surface area contributed by atoms with Gasteiger partial charge < -0.3 is 14.2 Å². The van der Waals surface area contributed by atoms with E-state index in [2.05, 4.69) is 9.47 Å². The van der Waals surface area contributed by atoms with E-state index in [1.165, 1.54) is 24.3 Å². The largest absolute Gasteiger partial charge is 0.465 e. The molecule has 0 saturated heterocycles. The Morgan fingerprint density at radius 3 is 2.14 bits per heavy atom. The smallest absolute Gasteiger partial charge is 0.345 e. The lowest BCUT2D eigenvalue weighted by molar-refractivity contribution is -0.394. The number of carbonyl (C=O) groups is 2. The number of nitro groups is 2. The maximum Gasteiger partial charge on any atom is 0.345 e. The van der Waals surface area contributed by atoms with E-state index < -0.39 is 33.2 Å². The van der Waals surface area contributed by atoms with Crippen molar-refractivity contribution in [3.63, 3.8) is 0 Å². The minimum absolute atomic E-state index is 0.129. The maximum absolute atomic E-state index is 11.7. The van der Waals surface area contributed by atoms with E-state index in [0.29, 0.717) is 5.56 Å². The highest BCUT2D eigenvalue weighted by Crippen LogP contribution is 2.34. The molecule has 0 bridgehead atoms. The van der Waals surface area contributed by atoms with Crippen LogP contribution in [-0.2, 0) is 19.1 Å². The van der Waals surface area contributed by atoms with Gasteiger partial charge in [-0.15, -0.1) is 0 Å². The third-order valence-corrected chi connectivity index (χ3v) is 3.56. The molecule has 0 aliphatic carbocycles. The van der Waals surface area contributed by atoms with E-state index in [1.54, 1.807) is 6.07 Å². The van der Waals surface area contributed by atoms with Crippen LogP contribution in [-0.4, -0.2) is 36.0 Å². The van der Waals surface area contributed by atoms with Crippen LogP contribution in [0.2, 0.25) is 0 Å². The van der Waals surface area contributed by atoms with Crippen molar-refractivity contribution in [2.75, 3.05) is 14.2 Å². The van der Waals surface area contributed by atoms with Crippen molar-refractivity contribution in [1.82, 2.24) is 0 Å². The molecule has 0 N–H and O–H groups in total. The monoisotopic (exact) mass is 402 g/mol. The molecule has 2 aromatic rings. The number of carbonyl (C=O) groups excluding carboxylic acids is 2. The summed E-state index contributed by atoms with van der Waals surface area (Å²) in [7, 11) is 2.21. The van der Waals surface area contributed by atoms with Crippen molar-refractivity contribution in [3.05, 3.63) is 73.8 Å². The lowest BCUT2D eigenvalue weighted by Gasteiger charge is -2.08.